The maximum Gasteiger partial charge on any atom is 0.229 e. The fourth-order valence-corrected chi connectivity index (χ4v) is 4.34. The number of methoxy groups -OCH3 is 1. The fourth-order valence-electron chi connectivity index (χ4n) is 4.34. The molecule has 4 aromatic rings. The molecule has 164 valence electrons. The summed E-state index contributed by atoms with van der Waals surface area (Å²) in [6.45, 7) is 1.92. The molecule has 1 aliphatic heterocycles. The van der Waals surface area contributed by atoms with Crippen LogP contribution in [0.4, 0.5) is 17.5 Å². The van der Waals surface area contributed by atoms with E-state index in [9.17, 15) is 0 Å². The van der Waals surface area contributed by atoms with Crippen LogP contribution in [0.2, 0.25) is 0 Å². The second-order valence-corrected chi connectivity index (χ2v) is 8.35. The largest absolute Gasteiger partial charge is 0.497 e. The molecule has 5 rings (SSSR count). The van der Waals surface area contributed by atoms with Crippen molar-refractivity contribution in [3.8, 4) is 5.75 Å². The van der Waals surface area contributed by atoms with E-state index in [1.54, 1.807) is 7.11 Å². The zero-order valence-electron chi connectivity index (χ0n) is 18.5. The van der Waals surface area contributed by atoms with Gasteiger partial charge in [-0.2, -0.15) is 15.1 Å². The van der Waals surface area contributed by atoms with Gasteiger partial charge in [-0.3, -0.25) is 4.68 Å². The number of ether oxygens (including phenoxy) is 1. The van der Waals surface area contributed by atoms with Crippen LogP contribution in [0.25, 0.3) is 11.0 Å². The van der Waals surface area contributed by atoms with E-state index in [0.29, 0.717) is 5.92 Å². The summed E-state index contributed by atoms with van der Waals surface area (Å²) >= 11 is 0. The van der Waals surface area contributed by atoms with Crippen molar-refractivity contribution in [2.24, 2.45) is 13.0 Å². The molecule has 0 aliphatic carbocycles. The highest BCUT2D eigenvalue weighted by atomic mass is 16.5. The van der Waals surface area contributed by atoms with Gasteiger partial charge in [0.25, 0.3) is 0 Å². The zero-order valence-corrected chi connectivity index (χ0v) is 18.5. The number of aromatic nitrogens is 4. The van der Waals surface area contributed by atoms with Crippen LogP contribution in [0.1, 0.15) is 18.4 Å². The van der Waals surface area contributed by atoms with Gasteiger partial charge in [-0.1, -0.05) is 30.3 Å². The molecule has 7 heteroatoms. The maximum atomic E-state index is 5.26. The Morgan fingerprint density at radius 1 is 1.00 bits per heavy atom. The molecule has 0 spiro atoms. The minimum atomic E-state index is 0.700. The Labute approximate surface area is 188 Å². The van der Waals surface area contributed by atoms with Crippen molar-refractivity contribution in [2.45, 2.75) is 19.3 Å². The molecule has 7 nitrogen and oxygen atoms in total. The fraction of sp³-hybridized carbons (Fsp3) is 0.320. The maximum absolute atomic E-state index is 5.26. The molecule has 1 saturated heterocycles. The molecule has 0 bridgehead atoms. The number of nitrogens with one attached hydrogen (secondary N) is 1. The van der Waals surface area contributed by atoms with Crippen molar-refractivity contribution in [3.63, 3.8) is 0 Å². The van der Waals surface area contributed by atoms with Crippen LogP contribution < -0.4 is 15.0 Å². The highest BCUT2D eigenvalue weighted by molar-refractivity contribution is 5.89. The first-order chi connectivity index (χ1) is 15.7. The summed E-state index contributed by atoms with van der Waals surface area (Å²) < 4.78 is 7.07. The molecule has 1 aliphatic rings. The van der Waals surface area contributed by atoms with Crippen molar-refractivity contribution in [3.05, 3.63) is 66.4 Å². The van der Waals surface area contributed by atoms with Gasteiger partial charge in [-0.05, 0) is 55.0 Å². The van der Waals surface area contributed by atoms with Crippen LogP contribution in [-0.4, -0.2) is 39.9 Å². The third kappa shape index (κ3) is 4.23. The number of rotatable bonds is 6. The van der Waals surface area contributed by atoms with Gasteiger partial charge in [0.1, 0.15) is 11.6 Å². The molecule has 0 atom stereocenters. The predicted molar refractivity (Wildman–Crippen MR) is 128 cm³/mol. The Bertz CT molecular complexity index is 1180. The third-order valence-electron chi connectivity index (χ3n) is 6.20. The summed E-state index contributed by atoms with van der Waals surface area (Å²) in [7, 11) is 3.59. The van der Waals surface area contributed by atoms with Crippen molar-refractivity contribution < 1.29 is 4.74 Å². The van der Waals surface area contributed by atoms with Crippen molar-refractivity contribution in [1.82, 2.24) is 19.7 Å². The normalized spacial score (nSPS) is 14.6. The van der Waals surface area contributed by atoms with Gasteiger partial charge in [-0.15, -0.1) is 0 Å². The summed E-state index contributed by atoms with van der Waals surface area (Å²) in [5, 5.41) is 8.76. The molecule has 1 N–H and O–H groups in total. The van der Waals surface area contributed by atoms with Gasteiger partial charge >= 0.3 is 0 Å². The van der Waals surface area contributed by atoms with Crippen molar-refractivity contribution in [1.29, 1.82) is 0 Å². The third-order valence-corrected chi connectivity index (χ3v) is 6.20. The molecule has 0 saturated carbocycles. The Morgan fingerprint density at radius 2 is 1.75 bits per heavy atom. The smallest absolute Gasteiger partial charge is 0.229 e. The average Bonchev–Trinajstić information content (AvgIpc) is 3.22. The number of anilines is 3. The zero-order chi connectivity index (χ0) is 21.9. The van der Waals surface area contributed by atoms with E-state index in [1.807, 2.05) is 42.2 Å². The molecule has 0 unspecified atom stereocenters. The molecule has 1 fully saturated rings. The van der Waals surface area contributed by atoms with Crippen LogP contribution >= 0.6 is 0 Å². The molecular weight excluding hydrogens is 400 g/mol. The van der Waals surface area contributed by atoms with Crippen LogP contribution in [-0.2, 0) is 13.5 Å². The monoisotopic (exact) mass is 428 g/mol. The van der Waals surface area contributed by atoms with E-state index in [4.69, 9.17) is 14.7 Å². The van der Waals surface area contributed by atoms with E-state index < -0.39 is 0 Å². The standard InChI is InChI=1S/C25H28N6O/c1-30-24-22(17-26-30)23(27-20-8-10-21(32-2)11-9-20)28-25(29-24)31-14-12-19(13-15-31)16-18-6-4-3-5-7-18/h3-11,17,19H,12-16H2,1-2H3,(H,27,28,29). The number of aryl methyl sites for hydroxylation is 1. The molecular formula is C25H28N6O. The number of hydrogen-bond donors (Lipinski definition) is 1. The van der Waals surface area contributed by atoms with E-state index >= 15 is 0 Å². The average molecular weight is 429 g/mol. The van der Waals surface area contributed by atoms with Gasteiger partial charge in [0.15, 0.2) is 5.65 Å². The van der Waals surface area contributed by atoms with Crippen LogP contribution in [0, 0.1) is 5.92 Å². The lowest BCUT2D eigenvalue weighted by Crippen LogP contribution is -2.35. The Morgan fingerprint density at radius 3 is 2.47 bits per heavy atom. The van der Waals surface area contributed by atoms with E-state index in [1.165, 1.54) is 5.56 Å². The highest BCUT2D eigenvalue weighted by Gasteiger charge is 2.23. The van der Waals surface area contributed by atoms with Gasteiger partial charge in [-0.25, -0.2) is 0 Å². The van der Waals surface area contributed by atoms with Crippen LogP contribution in [0.3, 0.4) is 0 Å². The molecule has 0 amide bonds. The van der Waals surface area contributed by atoms with Gasteiger partial charge in [0.2, 0.25) is 5.95 Å². The first-order valence-electron chi connectivity index (χ1n) is 11.1. The number of fused-ring (bicyclic) bond motifs is 1. The molecule has 2 aromatic heterocycles. The minimum absolute atomic E-state index is 0.700. The van der Waals surface area contributed by atoms with Gasteiger partial charge in [0, 0.05) is 25.8 Å². The second kappa shape index (κ2) is 8.86. The predicted octanol–water partition coefficient (Wildman–Crippen LogP) is 4.57. The van der Waals surface area contributed by atoms with E-state index in [2.05, 4.69) is 45.6 Å². The summed E-state index contributed by atoms with van der Waals surface area (Å²) in [4.78, 5) is 12.1. The number of hydrogen-bond acceptors (Lipinski definition) is 6. The van der Waals surface area contributed by atoms with Gasteiger partial charge < -0.3 is 15.0 Å². The number of benzene rings is 2. The minimum Gasteiger partial charge on any atom is -0.497 e. The van der Waals surface area contributed by atoms with E-state index in [-0.39, 0.29) is 0 Å². The molecule has 0 radical (unpaired) electrons. The Balaban J connectivity index is 1.35. The first kappa shape index (κ1) is 20.3. The van der Waals surface area contributed by atoms with Crippen molar-refractivity contribution in [2.75, 3.05) is 30.4 Å². The highest BCUT2D eigenvalue weighted by Crippen LogP contribution is 2.29. The topological polar surface area (TPSA) is 68.1 Å². The lowest BCUT2D eigenvalue weighted by Gasteiger charge is -2.32. The van der Waals surface area contributed by atoms with E-state index in [0.717, 1.165) is 66.6 Å². The Kier molecular flexibility index (Phi) is 5.62. The van der Waals surface area contributed by atoms with Crippen LogP contribution in [0.15, 0.2) is 60.8 Å². The summed E-state index contributed by atoms with van der Waals surface area (Å²) in [5.41, 5.74) is 3.20. The van der Waals surface area contributed by atoms with Crippen LogP contribution in [0.5, 0.6) is 5.75 Å². The summed E-state index contributed by atoms with van der Waals surface area (Å²) in [6.07, 6.45) is 5.24. The number of piperidine rings is 1. The lowest BCUT2D eigenvalue weighted by atomic mass is 9.90. The molecule has 3 heterocycles. The first-order valence-corrected chi connectivity index (χ1v) is 11.1. The quantitative estimate of drug-likeness (QED) is 0.485. The van der Waals surface area contributed by atoms with Crippen molar-refractivity contribution >= 4 is 28.5 Å². The lowest BCUT2D eigenvalue weighted by molar-refractivity contribution is 0.401. The molecule has 32 heavy (non-hydrogen) atoms. The second-order valence-electron chi connectivity index (χ2n) is 8.35. The summed E-state index contributed by atoms with van der Waals surface area (Å²) in [6, 6.07) is 18.6. The molecule has 2 aromatic carbocycles. The van der Waals surface area contributed by atoms with Gasteiger partial charge in [0.05, 0.1) is 18.7 Å². The summed E-state index contributed by atoms with van der Waals surface area (Å²) in [5.74, 6) is 3.06. The number of nitrogens with zero attached hydrogens (tertiary/aromatic N) is 5. The SMILES string of the molecule is COc1ccc(Nc2nc(N3CCC(Cc4ccccc4)CC3)nc3c2cnn3C)cc1. The Hall–Kier alpha value is -3.61.